The van der Waals surface area contributed by atoms with Gasteiger partial charge in [-0.1, -0.05) is 0 Å². The van der Waals surface area contributed by atoms with Gasteiger partial charge in [-0.15, -0.1) is 0 Å². The van der Waals surface area contributed by atoms with Crippen molar-refractivity contribution in [2.75, 3.05) is 42.6 Å². The summed E-state index contributed by atoms with van der Waals surface area (Å²) in [5.74, 6) is 4.09. The van der Waals surface area contributed by atoms with E-state index in [9.17, 15) is 5.11 Å². The van der Waals surface area contributed by atoms with Gasteiger partial charge in [0.1, 0.15) is 12.1 Å². The largest absolute Gasteiger partial charge is 0.393 e. The minimum absolute atomic E-state index is 0.128. The number of aromatic nitrogens is 2. The SMILES string of the molecule is OC1CC(c2cc(N3CCC(N4CCSCC4)CC3)ncn2)C1. The third kappa shape index (κ3) is 3.49. The maximum atomic E-state index is 9.49. The van der Waals surface area contributed by atoms with Crippen LogP contribution in [0.3, 0.4) is 0 Å². The molecule has 2 aliphatic heterocycles. The molecule has 4 rings (SSSR count). The molecule has 1 aromatic rings. The summed E-state index contributed by atoms with van der Waals surface area (Å²) in [4.78, 5) is 14.0. The molecule has 1 N–H and O–H groups in total. The Labute approximate surface area is 142 Å². The predicted octanol–water partition coefficient (Wildman–Crippen LogP) is 1.73. The molecule has 6 heteroatoms. The van der Waals surface area contributed by atoms with Crippen LogP contribution >= 0.6 is 11.8 Å². The summed E-state index contributed by atoms with van der Waals surface area (Å²) in [7, 11) is 0. The molecule has 126 valence electrons. The highest BCUT2D eigenvalue weighted by atomic mass is 32.2. The second kappa shape index (κ2) is 6.95. The number of aliphatic hydroxyl groups excluding tert-OH is 1. The highest BCUT2D eigenvalue weighted by Crippen LogP contribution is 2.36. The van der Waals surface area contributed by atoms with Crippen molar-refractivity contribution in [2.45, 2.75) is 43.7 Å². The Morgan fingerprint density at radius 1 is 1.04 bits per heavy atom. The summed E-state index contributed by atoms with van der Waals surface area (Å²) < 4.78 is 0. The van der Waals surface area contributed by atoms with E-state index in [0.29, 0.717) is 5.92 Å². The molecule has 0 spiro atoms. The quantitative estimate of drug-likeness (QED) is 0.909. The Bertz CT molecular complexity index is 523. The van der Waals surface area contributed by atoms with Crippen LogP contribution in [0, 0.1) is 0 Å². The molecule has 3 fully saturated rings. The van der Waals surface area contributed by atoms with Crippen LogP contribution in [-0.2, 0) is 0 Å². The minimum atomic E-state index is -0.128. The normalized spacial score (nSPS) is 30.2. The topological polar surface area (TPSA) is 52.5 Å². The molecule has 0 aromatic carbocycles. The lowest BCUT2D eigenvalue weighted by molar-refractivity contribution is 0.0732. The molecule has 1 aliphatic carbocycles. The van der Waals surface area contributed by atoms with Gasteiger partial charge in [0, 0.05) is 61.4 Å². The van der Waals surface area contributed by atoms with Crippen molar-refractivity contribution in [3.8, 4) is 0 Å². The van der Waals surface area contributed by atoms with E-state index >= 15 is 0 Å². The molecule has 23 heavy (non-hydrogen) atoms. The maximum absolute atomic E-state index is 9.49. The zero-order valence-electron chi connectivity index (χ0n) is 13.6. The van der Waals surface area contributed by atoms with Gasteiger partial charge in [-0.25, -0.2) is 9.97 Å². The standard InChI is InChI=1S/C17H26N4OS/c22-15-9-13(10-15)16-11-17(19-12-18-16)21-3-1-14(2-4-21)20-5-7-23-8-6-20/h11-15,22H,1-10H2. The molecule has 0 radical (unpaired) electrons. The average molecular weight is 334 g/mol. The van der Waals surface area contributed by atoms with Gasteiger partial charge in [0.25, 0.3) is 0 Å². The third-order valence-corrected chi connectivity index (χ3v) is 6.50. The van der Waals surface area contributed by atoms with E-state index in [0.717, 1.165) is 43.5 Å². The fourth-order valence-electron chi connectivity index (χ4n) is 3.99. The molecule has 5 nitrogen and oxygen atoms in total. The summed E-state index contributed by atoms with van der Waals surface area (Å²) in [5.41, 5.74) is 1.11. The molecule has 0 atom stereocenters. The van der Waals surface area contributed by atoms with Crippen LogP contribution in [-0.4, -0.2) is 69.8 Å². The fourth-order valence-corrected chi connectivity index (χ4v) is 4.92. The van der Waals surface area contributed by atoms with Crippen LogP contribution < -0.4 is 4.90 Å². The lowest BCUT2D eigenvalue weighted by Crippen LogP contribution is -2.48. The van der Waals surface area contributed by atoms with Gasteiger partial charge < -0.3 is 10.0 Å². The molecule has 3 heterocycles. The van der Waals surface area contributed by atoms with Crippen molar-refractivity contribution in [1.29, 1.82) is 0 Å². The Morgan fingerprint density at radius 3 is 2.48 bits per heavy atom. The van der Waals surface area contributed by atoms with Gasteiger partial charge >= 0.3 is 0 Å². The summed E-state index contributed by atoms with van der Waals surface area (Å²) in [6, 6.07) is 2.91. The van der Waals surface area contributed by atoms with E-state index in [1.54, 1.807) is 6.33 Å². The number of hydrogen-bond donors (Lipinski definition) is 1. The lowest BCUT2D eigenvalue weighted by Gasteiger charge is -2.40. The second-order valence-corrected chi connectivity index (χ2v) is 8.21. The first kappa shape index (κ1) is 15.7. The molecule has 0 bridgehead atoms. The minimum Gasteiger partial charge on any atom is -0.393 e. The Kier molecular flexibility index (Phi) is 4.73. The fraction of sp³-hybridized carbons (Fsp3) is 0.765. The molecule has 2 saturated heterocycles. The molecule has 1 saturated carbocycles. The van der Waals surface area contributed by atoms with Gasteiger partial charge in [-0.05, 0) is 25.7 Å². The van der Waals surface area contributed by atoms with Gasteiger partial charge in [-0.2, -0.15) is 11.8 Å². The Balaban J connectivity index is 1.35. The van der Waals surface area contributed by atoms with Gasteiger partial charge in [0.2, 0.25) is 0 Å². The highest BCUT2D eigenvalue weighted by Gasteiger charge is 2.31. The van der Waals surface area contributed by atoms with E-state index in [1.165, 1.54) is 37.4 Å². The number of piperidine rings is 1. The number of thioether (sulfide) groups is 1. The van der Waals surface area contributed by atoms with Gasteiger partial charge in [0.05, 0.1) is 6.10 Å². The first-order valence-corrected chi connectivity index (χ1v) is 10.0. The van der Waals surface area contributed by atoms with E-state index in [2.05, 4.69) is 37.6 Å². The van der Waals surface area contributed by atoms with Crippen molar-refractivity contribution in [3.63, 3.8) is 0 Å². The Morgan fingerprint density at radius 2 is 1.78 bits per heavy atom. The average Bonchev–Trinajstić information content (AvgIpc) is 2.60. The number of rotatable bonds is 3. The number of hydrogen-bond acceptors (Lipinski definition) is 6. The molecule has 0 amide bonds. The van der Waals surface area contributed by atoms with Crippen LogP contribution in [0.4, 0.5) is 5.82 Å². The van der Waals surface area contributed by atoms with Crippen molar-refractivity contribution in [2.24, 2.45) is 0 Å². The van der Waals surface area contributed by atoms with Crippen LogP contribution in [0.2, 0.25) is 0 Å². The van der Waals surface area contributed by atoms with E-state index in [1.807, 2.05) is 0 Å². The van der Waals surface area contributed by atoms with E-state index < -0.39 is 0 Å². The molecular formula is C17H26N4OS. The first-order valence-electron chi connectivity index (χ1n) is 8.86. The number of nitrogens with zero attached hydrogens (tertiary/aromatic N) is 4. The summed E-state index contributed by atoms with van der Waals surface area (Å²) in [6.45, 7) is 4.71. The van der Waals surface area contributed by atoms with Gasteiger partial charge in [-0.3, -0.25) is 4.90 Å². The number of aliphatic hydroxyl groups is 1. The van der Waals surface area contributed by atoms with Crippen LogP contribution in [0.1, 0.15) is 37.3 Å². The van der Waals surface area contributed by atoms with Crippen molar-refractivity contribution < 1.29 is 5.11 Å². The molecular weight excluding hydrogens is 308 g/mol. The van der Waals surface area contributed by atoms with Crippen LogP contribution in [0.25, 0.3) is 0 Å². The summed E-state index contributed by atoms with van der Waals surface area (Å²) in [5, 5.41) is 9.49. The van der Waals surface area contributed by atoms with E-state index in [-0.39, 0.29) is 6.10 Å². The van der Waals surface area contributed by atoms with E-state index in [4.69, 9.17) is 0 Å². The van der Waals surface area contributed by atoms with Crippen molar-refractivity contribution >= 4 is 17.6 Å². The molecule has 0 unspecified atom stereocenters. The second-order valence-electron chi connectivity index (χ2n) is 6.99. The first-order chi connectivity index (χ1) is 11.3. The predicted molar refractivity (Wildman–Crippen MR) is 94.1 cm³/mol. The highest BCUT2D eigenvalue weighted by molar-refractivity contribution is 7.99. The van der Waals surface area contributed by atoms with Gasteiger partial charge in [0.15, 0.2) is 0 Å². The van der Waals surface area contributed by atoms with Crippen LogP contribution in [0.5, 0.6) is 0 Å². The summed E-state index contributed by atoms with van der Waals surface area (Å²) in [6.07, 6.45) is 5.76. The summed E-state index contributed by atoms with van der Waals surface area (Å²) >= 11 is 2.09. The maximum Gasteiger partial charge on any atom is 0.132 e. The monoisotopic (exact) mass is 334 g/mol. The smallest absolute Gasteiger partial charge is 0.132 e. The zero-order valence-corrected chi connectivity index (χ0v) is 14.4. The Hall–Kier alpha value is -0.850. The lowest BCUT2D eigenvalue weighted by atomic mass is 9.80. The zero-order chi connectivity index (χ0) is 15.6. The third-order valence-electron chi connectivity index (χ3n) is 5.56. The van der Waals surface area contributed by atoms with Crippen molar-refractivity contribution in [1.82, 2.24) is 14.9 Å². The molecule has 3 aliphatic rings. The van der Waals surface area contributed by atoms with Crippen LogP contribution in [0.15, 0.2) is 12.4 Å². The number of anilines is 1. The van der Waals surface area contributed by atoms with Crippen molar-refractivity contribution in [3.05, 3.63) is 18.1 Å². The molecule has 1 aromatic heterocycles.